The van der Waals surface area contributed by atoms with E-state index in [1.807, 2.05) is 55.5 Å². The molecule has 0 spiro atoms. The number of anilines is 1. The normalized spacial score (nSPS) is 14.9. The molecule has 1 aliphatic rings. The summed E-state index contributed by atoms with van der Waals surface area (Å²) >= 11 is 0. The van der Waals surface area contributed by atoms with Crippen LogP contribution in [0.2, 0.25) is 0 Å². The topological polar surface area (TPSA) is 69.0 Å². The van der Waals surface area contributed by atoms with E-state index in [0.717, 1.165) is 24.0 Å². The third-order valence-corrected chi connectivity index (χ3v) is 6.32. The minimum absolute atomic E-state index is 0.0736. The van der Waals surface area contributed by atoms with Gasteiger partial charge in [0, 0.05) is 5.69 Å². The molecule has 0 aliphatic carbocycles. The van der Waals surface area contributed by atoms with Crippen molar-refractivity contribution >= 4 is 22.6 Å². The van der Waals surface area contributed by atoms with Crippen LogP contribution < -0.4 is 19.8 Å². The Hall–Kier alpha value is -4.06. The number of hydrogen-bond acceptors (Lipinski definition) is 5. The maximum Gasteiger partial charge on any atom is 0.295 e. The Morgan fingerprint density at radius 2 is 1.77 bits per heavy atom. The average molecular weight is 470 g/mol. The summed E-state index contributed by atoms with van der Waals surface area (Å²) in [6.07, 6.45) is 1.98. The van der Waals surface area contributed by atoms with Gasteiger partial charge < -0.3 is 13.9 Å². The number of unbranched alkanes of at least 4 members (excludes halogenated alkanes) is 1. The van der Waals surface area contributed by atoms with Crippen molar-refractivity contribution in [2.45, 2.75) is 32.7 Å². The Labute approximate surface area is 203 Å². The van der Waals surface area contributed by atoms with E-state index in [1.54, 1.807) is 30.2 Å². The second kappa shape index (κ2) is 9.29. The van der Waals surface area contributed by atoms with Crippen LogP contribution in [-0.2, 0) is 0 Å². The molecule has 1 unspecified atom stereocenters. The minimum Gasteiger partial charge on any atom is -0.497 e. The molecule has 1 amide bonds. The monoisotopic (exact) mass is 469 g/mol. The lowest BCUT2D eigenvalue weighted by Crippen LogP contribution is -2.29. The molecular weight excluding hydrogens is 442 g/mol. The number of aryl methyl sites for hydroxylation is 1. The Balaban J connectivity index is 1.70. The van der Waals surface area contributed by atoms with E-state index in [4.69, 9.17) is 13.9 Å². The Morgan fingerprint density at radius 3 is 2.51 bits per heavy atom. The van der Waals surface area contributed by atoms with Crippen LogP contribution in [0.4, 0.5) is 5.69 Å². The summed E-state index contributed by atoms with van der Waals surface area (Å²) in [5.74, 6) is 1.10. The van der Waals surface area contributed by atoms with Gasteiger partial charge in [-0.1, -0.05) is 37.1 Å². The maximum atomic E-state index is 13.8. The summed E-state index contributed by atoms with van der Waals surface area (Å²) in [7, 11) is 1.59. The third-order valence-electron chi connectivity index (χ3n) is 6.32. The summed E-state index contributed by atoms with van der Waals surface area (Å²) in [5.41, 5.74) is 2.92. The fourth-order valence-corrected chi connectivity index (χ4v) is 4.52. The van der Waals surface area contributed by atoms with Gasteiger partial charge >= 0.3 is 0 Å². The highest BCUT2D eigenvalue weighted by Crippen LogP contribution is 2.42. The van der Waals surface area contributed by atoms with Gasteiger partial charge in [-0.15, -0.1) is 0 Å². The summed E-state index contributed by atoms with van der Waals surface area (Å²) in [6.45, 7) is 4.64. The number of nitrogens with zero attached hydrogens (tertiary/aromatic N) is 1. The summed E-state index contributed by atoms with van der Waals surface area (Å²) in [6, 6.07) is 19.6. The zero-order valence-corrected chi connectivity index (χ0v) is 20.0. The van der Waals surface area contributed by atoms with E-state index < -0.39 is 6.04 Å². The van der Waals surface area contributed by atoms with Crippen molar-refractivity contribution in [3.8, 4) is 11.5 Å². The Kier molecular flexibility index (Phi) is 6.03. The Morgan fingerprint density at radius 1 is 0.971 bits per heavy atom. The largest absolute Gasteiger partial charge is 0.497 e. The van der Waals surface area contributed by atoms with E-state index in [1.165, 1.54) is 0 Å². The standard InChI is InChI=1S/C29H27NO5/c1-4-5-15-34-22-8-6-7-19(17-22)26-25-27(31)23-16-18(2)9-14-24(23)35-28(25)29(32)30(26)20-10-12-21(33-3)13-11-20/h6-14,16-17,26H,4-5,15H2,1-3H3. The van der Waals surface area contributed by atoms with Crippen molar-refractivity contribution < 1.29 is 18.7 Å². The predicted octanol–water partition coefficient (Wildman–Crippen LogP) is 6.04. The number of carbonyl (C=O) groups is 1. The quantitative estimate of drug-likeness (QED) is 0.309. The van der Waals surface area contributed by atoms with Crippen LogP contribution in [0.1, 0.15) is 53.1 Å². The maximum absolute atomic E-state index is 13.8. The Bertz CT molecular complexity index is 1450. The van der Waals surface area contributed by atoms with Gasteiger partial charge in [0.05, 0.1) is 30.7 Å². The van der Waals surface area contributed by atoms with Gasteiger partial charge in [0.2, 0.25) is 5.76 Å². The molecule has 2 heterocycles. The zero-order chi connectivity index (χ0) is 24.5. The number of methoxy groups -OCH3 is 1. The molecule has 1 atom stereocenters. The molecule has 0 bridgehead atoms. The van der Waals surface area contributed by atoms with Crippen LogP contribution >= 0.6 is 0 Å². The molecule has 3 aromatic carbocycles. The van der Waals surface area contributed by atoms with Crippen molar-refractivity contribution in [3.63, 3.8) is 0 Å². The first kappa shape index (κ1) is 22.7. The summed E-state index contributed by atoms with van der Waals surface area (Å²) < 4.78 is 17.3. The highest BCUT2D eigenvalue weighted by atomic mass is 16.5. The fourth-order valence-electron chi connectivity index (χ4n) is 4.52. The van der Waals surface area contributed by atoms with Crippen LogP contribution in [0.25, 0.3) is 11.0 Å². The van der Waals surface area contributed by atoms with Crippen LogP contribution in [0, 0.1) is 6.92 Å². The van der Waals surface area contributed by atoms with Gasteiger partial charge in [0.1, 0.15) is 17.1 Å². The third kappa shape index (κ3) is 4.05. The number of hydrogen-bond donors (Lipinski definition) is 0. The average Bonchev–Trinajstić information content (AvgIpc) is 3.17. The molecule has 1 aromatic heterocycles. The second-order valence-corrected chi connectivity index (χ2v) is 8.72. The van der Waals surface area contributed by atoms with E-state index >= 15 is 0 Å². The molecule has 4 aromatic rings. The number of amides is 1. The molecule has 0 N–H and O–H groups in total. The van der Waals surface area contributed by atoms with Crippen molar-refractivity contribution in [2.24, 2.45) is 0 Å². The second-order valence-electron chi connectivity index (χ2n) is 8.72. The number of ether oxygens (including phenoxy) is 2. The van der Waals surface area contributed by atoms with E-state index in [9.17, 15) is 9.59 Å². The molecule has 6 nitrogen and oxygen atoms in total. The lowest BCUT2D eigenvalue weighted by Gasteiger charge is -2.25. The first-order chi connectivity index (χ1) is 17.0. The number of rotatable bonds is 7. The highest BCUT2D eigenvalue weighted by Gasteiger charge is 2.43. The molecule has 0 saturated heterocycles. The van der Waals surface area contributed by atoms with Crippen molar-refractivity contribution in [1.82, 2.24) is 0 Å². The van der Waals surface area contributed by atoms with Crippen LogP contribution in [0.15, 0.2) is 75.9 Å². The number of carbonyl (C=O) groups excluding carboxylic acids is 1. The molecule has 0 radical (unpaired) electrons. The summed E-state index contributed by atoms with van der Waals surface area (Å²) in [5, 5.41) is 0.466. The van der Waals surface area contributed by atoms with Gasteiger partial charge in [-0.2, -0.15) is 0 Å². The van der Waals surface area contributed by atoms with Gasteiger partial charge in [-0.05, 0) is 67.4 Å². The van der Waals surface area contributed by atoms with E-state index in [0.29, 0.717) is 40.3 Å². The molecule has 0 saturated carbocycles. The van der Waals surface area contributed by atoms with Gasteiger partial charge in [0.25, 0.3) is 5.91 Å². The first-order valence-electron chi connectivity index (χ1n) is 11.8. The van der Waals surface area contributed by atoms with Crippen LogP contribution in [-0.4, -0.2) is 19.6 Å². The van der Waals surface area contributed by atoms with Gasteiger partial charge in [0.15, 0.2) is 5.43 Å². The zero-order valence-electron chi connectivity index (χ0n) is 20.0. The molecule has 6 heteroatoms. The van der Waals surface area contributed by atoms with Gasteiger partial charge in [-0.25, -0.2) is 0 Å². The number of fused-ring (bicyclic) bond motifs is 2. The highest BCUT2D eigenvalue weighted by molar-refractivity contribution is 6.10. The molecule has 178 valence electrons. The molecule has 35 heavy (non-hydrogen) atoms. The molecular formula is C29H27NO5. The SMILES string of the molecule is CCCCOc1cccc(C2c3c(oc4ccc(C)cc4c3=O)C(=O)N2c2ccc(OC)cc2)c1. The van der Waals surface area contributed by atoms with Crippen LogP contribution in [0.5, 0.6) is 11.5 Å². The molecule has 5 rings (SSSR count). The van der Waals surface area contributed by atoms with Gasteiger partial charge in [-0.3, -0.25) is 14.5 Å². The summed E-state index contributed by atoms with van der Waals surface area (Å²) in [4.78, 5) is 29.1. The van der Waals surface area contributed by atoms with Crippen LogP contribution in [0.3, 0.4) is 0 Å². The molecule has 0 fully saturated rings. The predicted molar refractivity (Wildman–Crippen MR) is 136 cm³/mol. The fraction of sp³-hybridized carbons (Fsp3) is 0.241. The van der Waals surface area contributed by atoms with Crippen molar-refractivity contribution in [1.29, 1.82) is 0 Å². The number of benzene rings is 3. The van der Waals surface area contributed by atoms with E-state index in [2.05, 4.69) is 6.92 Å². The lowest BCUT2D eigenvalue weighted by atomic mass is 9.97. The molecule has 1 aliphatic heterocycles. The lowest BCUT2D eigenvalue weighted by molar-refractivity contribution is 0.0971. The van der Waals surface area contributed by atoms with E-state index in [-0.39, 0.29) is 17.1 Å². The van der Waals surface area contributed by atoms with Crippen molar-refractivity contribution in [3.05, 3.63) is 99.4 Å². The smallest absolute Gasteiger partial charge is 0.295 e. The van der Waals surface area contributed by atoms with Crippen molar-refractivity contribution in [2.75, 3.05) is 18.6 Å². The first-order valence-corrected chi connectivity index (χ1v) is 11.8. The minimum atomic E-state index is -0.651.